The van der Waals surface area contributed by atoms with Crippen LogP contribution in [0.3, 0.4) is 0 Å². The van der Waals surface area contributed by atoms with Gasteiger partial charge in [0.1, 0.15) is 29.2 Å². The van der Waals surface area contributed by atoms with Gasteiger partial charge in [0.15, 0.2) is 0 Å². The Morgan fingerprint density at radius 1 is 1.03 bits per heavy atom. The average Bonchev–Trinajstić information content (AvgIpc) is 4.15. The van der Waals surface area contributed by atoms with Crippen molar-refractivity contribution in [3.05, 3.63) is 67.3 Å². The van der Waals surface area contributed by atoms with Crippen molar-refractivity contribution in [3.63, 3.8) is 0 Å². The number of nitrogens with one attached hydrogen (secondary N) is 2. The van der Waals surface area contributed by atoms with Crippen LogP contribution < -0.4 is 19.5 Å². The lowest BCUT2D eigenvalue weighted by atomic mass is 9.77. The lowest BCUT2D eigenvalue weighted by Crippen LogP contribution is -2.57. The number of likely N-dealkylation sites (tertiary alicyclic amines) is 2. The molecule has 4 aliphatic rings. The van der Waals surface area contributed by atoms with Crippen molar-refractivity contribution in [1.82, 2.24) is 24.8 Å². The molecule has 1 unspecified atom stereocenters. The summed E-state index contributed by atoms with van der Waals surface area (Å²) in [4.78, 5) is 64.2. The van der Waals surface area contributed by atoms with E-state index in [1.54, 1.807) is 45.0 Å². The molecule has 0 bridgehead atoms. The van der Waals surface area contributed by atoms with E-state index >= 15 is 0 Å². The molecule has 4 amide bonds. The monoisotopic (exact) mass is 867 g/mol. The summed E-state index contributed by atoms with van der Waals surface area (Å²) in [7, 11) is -2.43. The van der Waals surface area contributed by atoms with E-state index in [4.69, 9.17) is 14.5 Å². The summed E-state index contributed by atoms with van der Waals surface area (Å²) >= 11 is 0. The minimum absolute atomic E-state index is 0.0563. The van der Waals surface area contributed by atoms with E-state index in [1.165, 1.54) is 23.0 Å². The van der Waals surface area contributed by atoms with Gasteiger partial charge in [-0.2, -0.15) is 13.2 Å². The third-order valence-corrected chi connectivity index (χ3v) is 14.2. The Kier molecular flexibility index (Phi) is 11.9. The normalized spacial score (nSPS) is 24.8. The van der Waals surface area contributed by atoms with Crippen molar-refractivity contribution < 1.29 is 50.2 Å². The molecule has 6 atom stereocenters. The molecule has 61 heavy (non-hydrogen) atoms. The van der Waals surface area contributed by atoms with Gasteiger partial charge >= 0.3 is 6.18 Å². The first kappa shape index (κ1) is 43.9. The first-order valence-corrected chi connectivity index (χ1v) is 22.1. The number of hydrogen-bond acceptors (Lipinski definition) is 9. The zero-order valence-electron chi connectivity index (χ0n) is 34.7. The third-order valence-electron chi connectivity index (χ3n) is 12.4. The van der Waals surface area contributed by atoms with Gasteiger partial charge in [0.2, 0.25) is 27.7 Å². The number of carbonyl (C=O) groups excluding carboxylic acids is 4. The van der Waals surface area contributed by atoms with Gasteiger partial charge in [0.25, 0.3) is 5.91 Å². The van der Waals surface area contributed by atoms with Crippen LogP contribution in [-0.2, 0) is 29.2 Å². The number of nitrogens with zero attached hydrogens (tertiary/aromatic N) is 3. The van der Waals surface area contributed by atoms with Gasteiger partial charge in [-0.15, -0.1) is 6.58 Å². The minimum atomic E-state index is -4.47. The number of hydrogen-bond donors (Lipinski definition) is 2. The topological polar surface area (TPSA) is 164 Å². The number of ether oxygens (including phenoxy) is 2. The Balaban J connectivity index is 1.21. The number of pyridine rings is 1. The second kappa shape index (κ2) is 16.6. The molecule has 0 spiro atoms. The number of amides is 4. The number of aromatic nitrogens is 1. The van der Waals surface area contributed by atoms with Crippen molar-refractivity contribution in [1.29, 1.82) is 0 Å². The Hall–Kier alpha value is -5.19. The molecule has 2 saturated carbocycles. The van der Waals surface area contributed by atoms with Crippen LogP contribution in [0.4, 0.5) is 13.2 Å². The van der Waals surface area contributed by atoms with Crippen molar-refractivity contribution in [2.24, 2.45) is 23.2 Å². The van der Waals surface area contributed by atoms with E-state index in [1.807, 2.05) is 30.3 Å². The Bertz CT molecular complexity index is 2320. The summed E-state index contributed by atoms with van der Waals surface area (Å²) in [6.07, 6.45) is -3.28. The third kappa shape index (κ3) is 9.36. The van der Waals surface area contributed by atoms with Crippen molar-refractivity contribution in [2.45, 2.75) is 94.8 Å². The predicted octanol–water partition coefficient (Wildman–Crippen LogP) is 5.78. The zero-order chi connectivity index (χ0) is 44.1. The van der Waals surface area contributed by atoms with E-state index in [0.29, 0.717) is 40.9 Å². The highest BCUT2D eigenvalue weighted by atomic mass is 32.2. The van der Waals surface area contributed by atoms with Crippen molar-refractivity contribution in [3.8, 4) is 22.8 Å². The molecule has 2 aliphatic carbocycles. The van der Waals surface area contributed by atoms with Gasteiger partial charge < -0.3 is 24.6 Å². The van der Waals surface area contributed by atoms with Gasteiger partial charge in [-0.3, -0.25) is 23.9 Å². The molecule has 2 aromatic carbocycles. The molecule has 3 aromatic rings. The Morgan fingerprint density at radius 2 is 1.75 bits per heavy atom. The number of methoxy groups -OCH3 is 1. The standard InChI is InChI=1S/C44H52F3N5O8S/c1-6-27-23-43(27,41(56)50-61(57,58)31-15-16-31)49-39(54)36-20-30(60-37-22-34(26-11-8-7-9-12-26)48-35-19-29(59-5)14-17-32(35)37)25-52(36)40(55)33(42(2,3)4)21-38(53)51-18-10-13-28(24-51)44(45,46)47/h6-9,11-12,14,17,19,22,27-28,30-31,33,36H,1,10,13,15-16,18,20-21,23-25H2,2-5H3,(H,49,54)(H,50,56)/t27-,28?,30-,33-,36+,43-/m1/s1. The molecule has 2 aliphatic heterocycles. The van der Waals surface area contributed by atoms with Crippen LogP contribution in [0.1, 0.15) is 65.7 Å². The first-order chi connectivity index (χ1) is 28.7. The van der Waals surface area contributed by atoms with Gasteiger partial charge in [-0.1, -0.05) is 57.2 Å². The van der Waals surface area contributed by atoms with E-state index in [9.17, 15) is 40.8 Å². The largest absolute Gasteiger partial charge is 0.497 e. The molecule has 0 radical (unpaired) electrons. The van der Waals surface area contributed by atoms with Crippen LogP contribution in [0.15, 0.2) is 67.3 Å². The van der Waals surface area contributed by atoms with Crippen LogP contribution in [0, 0.1) is 23.2 Å². The summed E-state index contributed by atoms with van der Waals surface area (Å²) in [5.74, 6) is -5.17. The number of benzene rings is 2. The molecule has 2 N–H and O–H groups in total. The second-order valence-electron chi connectivity index (χ2n) is 17.8. The SMILES string of the molecule is C=C[C@@H]1C[C@]1(NC(=O)[C@@H]1C[C@@H](Oc2cc(-c3ccccc3)nc3cc(OC)ccc23)CN1C(=O)[C@@H](CC(=O)N1CCCC(C(F)(F)F)C1)C(C)(C)C)C(=O)NS(=O)(=O)C1CC1. The molecule has 1 aromatic heterocycles. The highest BCUT2D eigenvalue weighted by molar-refractivity contribution is 7.91. The maximum Gasteiger partial charge on any atom is 0.393 e. The van der Waals surface area contributed by atoms with E-state index < -0.39 is 98.9 Å². The Labute approximate surface area is 353 Å². The highest BCUT2D eigenvalue weighted by Gasteiger charge is 2.62. The van der Waals surface area contributed by atoms with Gasteiger partial charge in [0, 0.05) is 54.9 Å². The first-order valence-electron chi connectivity index (χ1n) is 20.6. The number of rotatable bonds is 13. The summed E-state index contributed by atoms with van der Waals surface area (Å²) in [6, 6.07) is 15.2. The van der Waals surface area contributed by atoms with E-state index in [2.05, 4.69) is 16.6 Å². The van der Waals surface area contributed by atoms with Gasteiger partial charge in [-0.05, 0) is 49.7 Å². The maximum absolute atomic E-state index is 14.9. The number of fused-ring (bicyclic) bond motifs is 1. The fourth-order valence-corrected chi connectivity index (χ4v) is 9.83. The zero-order valence-corrected chi connectivity index (χ0v) is 35.5. The smallest absolute Gasteiger partial charge is 0.393 e. The van der Waals surface area contributed by atoms with Crippen LogP contribution in [0.5, 0.6) is 11.5 Å². The Morgan fingerprint density at radius 3 is 2.38 bits per heavy atom. The number of carbonyl (C=O) groups is 4. The predicted molar refractivity (Wildman–Crippen MR) is 220 cm³/mol. The quantitative estimate of drug-likeness (QED) is 0.203. The second-order valence-corrected chi connectivity index (χ2v) is 19.7. The number of sulfonamides is 1. The summed E-state index contributed by atoms with van der Waals surface area (Å²) < 4.78 is 81.1. The molecule has 328 valence electrons. The lowest BCUT2D eigenvalue weighted by Gasteiger charge is -2.38. The van der Waals surface area contributed by atoms with Crippen LogP contribution in [0.2, 0.25) is 0 Å². The highest BCUT2D eigenvalue weighted by Crippen LogP contribution is 2.46. The molecule has 17 heteroatoms. The summed E-state index contributed by atoms with van der Waals surface area (Å²) in [6.45, 7) is 8.52. The van der Waals surface area contributed by atoms with E-state index in [0.717, 1.165) is 5.56 Å². The fraction of sp³-hybridized carbons (Fsp3) is 0.523. The van der Waals surface area contributed by atoms with Crippen molar-refractivity contribution in [2.75, 3.05) is 26.7 Å². The van der Waals surface area contributed by atoms with Crippen LogP contribution in [-0.4, -0.2) is 103 Å². The molecule has 3 heterocycles. The number of piperidine rings is 1. The lowest BCUT2D eigenvalue weighted by molar-refractivity contribution is -0.188. The number of halogens is 3. The molecule has 2 saturated heterocycles. The van der Waals surface area contributed by atoms with Gasteiger partial charge in [-0.25, -0.2) is 13.4 Å². The maximum atomic E-state index is 14.9. The average molecular weight is 868 g/mol. The fourth-order valence-electron chi connectivity index (χ4n) is 8.47. The minimum Gasteiger partial charge on any atom is -0.497 e. The van der Waals surface area contributed by atoms with E-state index in [-0.39, 0.29) is 38.8 Å². The molecule has 7 rings (SSSR count). The number of alkyl halides is 3. The molecular formula is C44H52F3N5O8S. The van der Waals surface area contributed by atoms with Crippen molar-refractivity contribution >= 4 is 44.6 Å². The molecular weight excluding hydrogens is 816 g/mol. The van der Waals surface area contributed by atoms with Gasteiger partial charge in [0.05, 0.1) is 42.0 Å². The summed E-state index contributed by atoms with van der Waals surface area (Å²) in [5, 5.41) is 2.71. The molecule has 13 nitrogen and oxygen atoms in total. The van der Waals surface area contributed by atoms with Crippen LogP contribution in [0.25, 0.3) is 22.2 Å². The van der Waals surface area contributed by atoms with Crippen LogP contribution >= 0.6 is 0 Å². The summed E-state index contributed by atoms with van der Waals surface area (Å²) in [5.41, 5.74) is -0.571. The molecule has 4 fully saturated rings.